The Balaban J connectivity index is 1.42. The molecule has 1 aliphatic rings. The number of aromatic amines is 1. The summed E-state index contributed by atoms with van der Waals surface area (Å²) in [5.41, 5.74) is 4.81. The summed E-state index contributed by atoms with van der Waals surface area (Å²) in [6.45, 7) is 7.42. The van der Waals surface area contributed by atoms with E-state index in [0.717, 1.165) is 33.1 Å². The first-order valence-electron chi connectivity index (χ1n) is 10.3. The van der Waals surface area contributed by atoms with Crippen LogP contribution in [0, 0.1) is 26.6 Å². The molecule has 0 spiro atoms. The Kier molecular flexibility index (Phi) is 5.91. The van der Waals surface area contributed by atoms with Crippen molar-refractivity contribution in [2.75, 3.05) is 18.0 Å². The third kappa shape index (κ3) is 4.39. The van der Waals surface area contributed by atoms with Gasteiger partial charge in [0.2, 0.25) is 0 Å². The lowest BCUT2D eigenvalue weighted by Crippen LogP contribution is -2.30. The second kappa shape index (κ2) is 8.63. The number of H-pyrrole nitrogens is 1. The van der Waals surface area contributed by atoms with Gasteiger partial charge in [0.1, 0.15) is 5.82 Å². The van der Waals surface area contributed by atoms with Crippen molar-refractivity contribution in [3.63, 3.8) is 0 Å². The number of anilines is 1. The number of thiophene rings is 1. The lowest BCUT2D eigenvalue weighted by molar-refractivity contribution is 0.0986. The van der Waals surface area contributed by atoms with Crippen molar-refractivity contribution >= 4 is 28.2 Å². The van der Waals surface area contributed by atoms with E-state index in [1.807, 2.05) is 26.8 Å². The number of nitrogens with one attached hydrogen (secondary N) is 1. The third-order valence-corrected chi connectivity index (χ3v) is 6.99. The predicted octanol–water partition coefficient (Wildman–Crippen LogP) is 4.79. The maximum Gasteiger partial charge on any atom is 0.325 e. The van der Waals surface area contributed by atoms with E-state index in [9.17, 15) is 14.0 Å². The minimum Gasteiger partial charge on any atom is -0.318 e. The summed E-state index contributed by atoms with van der Waals surface area (Å²) in [7, 11) is 0. The van der Waals surface area contributed by atoms with Gasteiger partial charge in [-0.25, -0.2) is 9.18 Å². The Bertz CT molecular complexity index is 1100. The number of carbonyl (C=O) groups is 2. The molecular weight excluding hydrogens is 415 g/mol. The first-order chi connectivity index (χ1) is 14.8. The molecule has 0 unspecified atom stereocenters. The van der Waals surface area contributed by atoms with Crippen LogP contribution >= 0.6 is 11.3 Å². The summed E-state index contributed by atoms with van der Waals surface area (Å²) in [6, 6.07) is 8.03. The van der Waals surface area contributed by atoms with E-state index in [2.05, 4.69) is 10.2 Å². The molecule has 0 radical (unpaired) electrons. The second-order valence-corrected chi connectivity index (χ2v) is 8.95. The van der Waals surface area contributed by atoms with Crippen LogP contribution in [0.5, 0.6) is 0 Å². The molecule has 3 heterocycles. The molecule has 0 atom stereocenters. The quantitative estimate of drug-likeness (QED) is 0.537. The molecule has 3 aromatic rings. The van der Waals surface area contributed by atoms with E-state index in [-0.39, 0.29) is 17.6 Å². The highest BCUT2D eigenvalue weighted by Gasteiger charge is 2.31. The average Bonchev–Trinajstić information content (AvgIpc) is 3.40. The molecule has 2 amide bonds. The van der Waals surface area contributed by atoms with Crippen LogP contribution in [0.1, 0.15) is 44.2 Å². The summed E-state index contributed by atoms with van der Waals surface area (Å²) >= 11 is 1.38. The van der Waals surface area contributed by atoms with Gasteiger partial charge in [0.05, 0.1) is 15.6 Å². The van der Waals surface area contributed by atoms with Crippen LogP contribution in [0.4, 0.5) is 14.2 Å². The summed E-state index contributed by atoms with van der Waals surface area (Å²) in [6.07, 6.45) is 1.06. The number of aryl methyl sites for hydroxylation is 3. The zero-order valence-corrected chi connectivity index (χ0v) is 18.7. The van der Waals surface area contributed by atoms with Crippen LogP contribution < -0.4 is 4.90 Å². The van der Waals surface area contributed by atoms with E-state index in [1.54, 1.807) is 21.9 Å². The summed E-state index contributed by atoms with van der Waals surface area (Å²) in [5.74, 6) is -0.203. The molecule has 8 heteroatoms. The highest BCUT2D eigenvalue weighted by molar-refractivity contribution is 7.18. The number of Topliss-reactive ketones (excluding diaryl/α,β-unsaturated/α-hetero) is 1. The molecule has 0 saturated carbocycles. The molecule has 0 bridgehead atoms. The predicted molar refractivity (Wildman–Crippen MR) is 119 cm³/mol. The van der Waals surface area contributed by atoms with Gasteiger partial charge in [-0.15, -0.1) is 11.3 Å². The highest BCUT2D eigenvalue weighted by Crippen LogP contribution is 2.33. The Morgan fingerprint density at radius 3 is 2.61 bits per heavy atom. The lowest BCUT2D eigenvalue weighted by Gasteiger charge is -2.17. The van der Waals surface area contributed by atoms with Crippen LogP contribution in [0.15, 0.2) is 30.3 Å². The molecule has 162 valence electrons. The number of nitrogens with zero attached hydrogens (tertiary/aromatic N) is 3. The van der Waals surface area contributed by atoms with Crippen molar-refractivity contribution in [2.24, 2.45) is 0 Å². The number of rotatable bonds is 7. The number of carbonyl (C=O) groups excluding carboxylic acids is 2. The topological polar surface area (TPSA) is 69.3 Å². The fourth-order valence-corrected chi connectivity index (χ4v) is 5.07. The molecule has 2 aromatic heterocycles. The van der Waals surface area contributed by atoms with Crippen molar-refractivity contribution in [1.82, 2.24) is 15.1 Å². The summed E-state index contributed by atoms with van der Waals surface area (Å²) in [5, 5.41) is 7.94. The van der Waals surface area contributed by atoms with Gasteiger partial charge in [-0.3, -0.25) is 14.8 Å². The van der Waals surface area contributed by atoms with Crippen LogP contribution in [0.3, 0.4) is 0 Å². The fourth-order valence-electron chi connectivity index (χ4n) is 3.91. The number of hydrogen-bond donors (Lipinski definition) is 1. The van der Waals surface area contributed by atoms with Gasteiger partial charge in [0.25, 0.3) is 0 Å². The van der Waals surface area contributed by atoms with Crippen molar-refractivity contribution < 1.29 is 14.0 Å². The summed E-state index contributed by atoms with van der Waals surface area (Å²) < 4.78 is 13.1. The zero-order chi connectivity index (χ0) is 22.1. The highest BCUT2D eigenvalue weighted by atomic mass is 32.1. The number of aromatic nitrogens is 2. The van der Waals surface area contributed by atoms with Gasteiger partial charge in [-0.2, -0.15) is 5.10 Å². The van der Waals surface area contributed by atoms with Gasteiger partial charge in [0.15, 0.2) is 5.78 Å². The van der Waals surface area contributed by atoms with E-state index >= 15 is 0 Å². The maximum atomic E-state index is 13.1. The van der Waals surface area contributed by atoms with Gasteiger partial charge in [0, 0.05) is 31.7 Å². The van der Waals surface area contributed by atoms with Gasteiger partial charge in [-0.1, -0.05) is 12.1 Å². The first kappa shape index (κ1) is 21.2. The van der Waals surface area contributed by atoms with Crippen LogP contribution in [-0.4, -0.2) is 40.0 Å². The Hall–Kier alpha value is -3.00. The standard InChI is InChI=1S/C23H25FN4O2S/c1-14-12-21(31-22(14)20(29)9-8-19-15(2)25-26-16(19)3)28-11-10-27(23(28)30)13-17-4-6-18(24)7-5-17/h4-7,12H,8-11,13H2,1-3H3,(H,25,26). The molecule has 1 saturated heterocycles. The van der Waals surface area contributed by atoms with Gasteiger partial charge in [-0.05, 0) is 62.1 Å². The van der Waals surface area contributed by atoms with E-state index in [4.69, 9.17) is 0 Å². The molecule has 4 rings (SSSR count). The molecule has 0 aliphatic carbocycles. The summed E-state index contributed by atoms with van der Waals surface area (Å²) in [4.78, 5) is 30.0. The fraction of sp³-hybridized carbons (Fsp3) is 0.348. The molecule has 6 nitrogen and oxygen atoms in total. The minimum absolute atomic E-state index is 0.0866. The first-order valence-corrected chi connectivity index (χ1v) is 11.1. The van der Waals surface area contributed by atoms with Crippen molar-refractivity contribution in [3.8, 4) is 0 Å². The SMILES string of the molecule is Cc1cc(N2CCN(Cc3ccc(F)cc3)C2=O)sc1C(=O)CCc1c(C)n[nH]c1C. The number of urea groups is 1. The number of benzene rings is 1. The monoisotopic (exact) mass is 440 g/mol. The van der Waals surface area contributed by atoms with Crippen LogP contribution in [-0.2, 0) is 13.0 Å². The molecule has 1 fully saturated rings. The number of ketones is 1. The third-order valence-electron chi connectivity index (χ3n) is 5.69. The normalized spacial score (nSPS) is 14.0. The van der Waals surface area contributed by atoms with Crippen molar-refractivity contribution in [3.05, 3.63) is 69.1 Å². The molecular formula is C23H25FN4O2S. The smallest absolute Gasteiger partial charge is 0.318 e. The lowest BCUT2D eigenvalue weighted by atomic mass is 10.0. The Morgan fingerprint density at radius 1 is 1.19 bits per heavy atom. The Labute approximate surface area is 184 Å². The molecule has 31 heavy (non-hydrogen) atoms. The largest absolute Gasteiger partial charge is 0.325 e. The molecule has 1 aliphatic heterocycles. The number of hydrogen-bond acceptors (Lipinski definition) is 4. The van der Waals surface area contributed by atoms with E-state index in [1.165, 1.54) is 23.5 Å². The minimum atomic E-state index is -0.289. The zero-order valence-electron chi connectivity index (χ0n) is 17.9. The number of halogens is 1. The van der Waals surface area contributed by atoms with E-state index in [0.29, 0.717) is 37.4 Å². The molecule has 1 aromatic carbocycles. The van der Waals surface area contributed by atoms with E-state index < -0.39 is 0 Å². The second-order valence-electron chi connectivity index (χ2n) is 7.91. The molecule has 1 N–H and O–H groups in total. The van der Waals surface area contributed by atoms with Crippen LogP contribution in [0.25, 0.3) is 0 Å². The van der Waals surface area contributed by atoms with Crippen LogP contribution in [0.2, 0.25) is 0 Å². The van der Waals surface area contributed by atoms with Gasteiger partial charge < -0.3 is 4.90 Å². The average molecular weight is 441 g/mol. The van der Waals surface area contributed by atoms with Crippen molar-refractivity contribution in [1.29, 1.82) is 0 Å². The van der Waals surface area contributed by atoms with Gasteiger partial charge >= 0.3 is 6.03 Å². The maximum absolute atomic E-state index is 13.1. The Morgan fingerprint density at radius 2 is 1.94 bits per heavy atom. The van der Waals surface area contributed by atoms with Crippen molar-refractivity contribution in [2.45, 2.75) is 40.2 Å². The number of amides is 2.